The molecule has 68 valence electrons. The van der Waals surface area contributed by atoms with Crippen LogP contribution in [0, 0.1) is 0 Å². The molecule has 13 heavy (non-hydrogen) atoms. The van der Waals surface area contributed by atoms with Gasteiger partial charge >= 0.3 is 0 Å². The summed E-state index contributed by atoms with van der Waals surface area (Å²) in [6.07, 6.45) is 1.39. The molecule has 1 aromatic carbocycles. The van der Waals surface area contributed by atoms with Crippen LogP contribution < -0.4 is 0 Å². The first-order valence-electron chi connectivity index (χ1n) is 4.28. The van der Waals surface area contributed by atoms with Gasteiger partial charge in [0, 0.05) is 12.4 Å². The number of aliphatic hydroxyl groups excluding tert-OH is 1. The van der Waals surface area contributed by atoms with E-state index in [0.29, 0.717) is 0 Å². The van der Waals surface area contributed by atoms with Crippen molar-refractivity contribution in [3.05, 3.63) is 30.0 Å². The van der Waals surface area contributed by atoms with Gasteiger partial charge in [-0.1, -0.05) is 6.07 Å². The molecular weight excluding hydrogens is 164 g/mol. The van der Waals surface area contributed by atoms with Crippen LogP contribution in [0.3, 0.4) is 0 Å². The second-order valence-corrected chi connectivity index (χ2v) is 3.26. The first-order valence-corrected chi connectivity index (χ1v) is 4.28. The maximum Gasteiger partial charge on any atom is 0.0762 e. The maximum absolute atomic E-state index is 9.36. The Kier molecular flexibility index (Phi) is 1.81. The molecule has 2 aromatic rings. The fraction of sp³-hybridized carbons (Fsp3) is 0.300. The SMILES string of the molecule is C[C@@H](O)c1ccc2c(cnn2C)c1. The van der Waals surface area contributed by atoms with Crippen LogP contribution >= 0.6 is 0 Å². The Morgan fingerprint density at radius 1 is 1.46 bits per heavy atom. The van der Waals surface area contributed by atoms with Crippen molar-refractivity contribution < 1.29 is 5.11 Å². The number of rotatable bonds is 1. The van der Waals surface area contributed by atoms with Gasteiger partial charge in [-0.3, -0.25) is 4.68 Å². The predicted molar refractivity (Wildman–Crippen MR) is 51.3 cm³/mol. The van der Waals surface area contributed by atoms with Gasteiger partial charge in [0.05, 0.1) is 17.8 Å². The molecule has 3 heteroatoms. The van der Waals surface area contributed by atoms with E-state index in [4.69, 9.17) is 0 Å². The van der Waals surface area contributed by atoms with E-state index in [2.05, 4.69) is 5.10 Å². The molecule has 0 spiro atoms. The van der Waals surface area contributed by atoms with E-state index in [1.807, 2.05) is 29.9 Å². The van der Waals surface area contributed by atoms with E-state index >= 15 is 0 Å². The molecule has 1 atom stereocenters. The quantitative estimate of drug-likeness (QED) is 0.717. The summed E-state index contributed by atoms with van der Waals surface area (Å²) in [5.41, 5.74) is 2.02. The van der Waals surface area contributed by atoms with Crippen LogP contribution in [0.15, 0.2) is 24.4 Å². The third-order valence-corrected chi connectivity index (χ3v) is 2.25. The Hall–Kier alpha value is -1.35. The average Bonchev–Trinajstić information content (AvgIpc) is 2.47. The van der Waals surface area contributed by atoms with Crippen molar-refractivity contribution in [1.82, 2.24) is 9.78 Å². The molecule has 0 bridgehead atoms. The number of hydrogen-bond acceptors (Lipinski definition) is 2. The highest BCUT2D eigenvalue weighted by Crippen LogP contribution is 2.19. The van der Waals surface area contributed by atoms with Crippen molar-refractivity contribution in [1.29, 1.82) is 0 Å². The normalized spacial score (nSPS) is 13.5. The zero-order valence-corrected chi connectivity index (χ0v) is 7.73. The van der Waals surface area contributed by atoms with Crippen LogP contribution in [0.5, 0.6) is 0 Å². The highest BCUT2D eigenvalue weighted by atomic mass is 16.3. The van der Waals surface area contributed by atoms with E-state index in [1.165, 1.54) is 0 Å². The lowest BCUT2D eigenvalue weighted by molar-refractivity contribution is 0.199. The molecule has 0 fully saturated rings. The number of benzene rings is 1. The molecule has 0 radical (unpaired) electrons. The Labute approximate surface area is 76.6 Å². The van der Waals surface area contributed by atoms with Crippen molar-refractivity contribution >= 4 is 10.9 Å². The van der Waals surface area contributed by atoms with Gasteiger partial charge < -0.3 is 5.11 Å². The first kappa shape index (κ1) is 8.26. The van der Waals surface area contributed by atoms with Crippen LogP contribution in [0.4, 0.5) is 0 Å². The second kappa shape index (κ2) is 2.85. The van der Waals surface area contributed by atoms with Gasteiger partial charge in [-0.2, -0.15) is 5.10 Å². The molecule has 1 N–H and O–H groups in total. The van der Waals surface area contributed by atoms with Gasteiger partial charge in [-0.15, -0.1) is 0 Å². The number of aliphatic hydroxyl groups is 1. The smallest absolute Gasteiger partial charge is 0.0762 e. The third kappa shape index (κ3) is 1.31. The molecule has 0 aliphatic rings. The van der Waals surface area contributed by atoms with Crippen molar-refractivity contribution in [2.45, 2.75) is 13.0 Å². The van der Waals surface area contributed by atoms with Crippen LogP contribution in [-0.4, -0.2) is 14.9 Å². The average molecular weight is 176 g/mol. The monoisotopic (exact) mass is 176 g/mol. The fourth-order valence-electron chi connectivity index (χ4n) is 1.44. The number of aromatic nitrogens is 2. The van der Waals surface area contributed by atoms with E-state index in [9.17, 15) is 5.11 Å². The van der Waals surface area contributed by atoms with Crippen molar-refractivity contribution in [3.8, 4) is 0 Å². The molecule has 1 heterocycles. The molecule has 0 aliphatic carbocycles. The molecule has 0 unspecified atom stereocenters. The second-order valence-electron chi connectivity index (χ2n) is 3.26. The van der Waals surface area contributed by atoms with Crippen LogP contribution in [-0.2, 0) is 7.05 Å². The van der Waals surface area contributed by atoms with E-state index < -0.39 is 6.10 Å². The highest BCUT2D eigenvalue weighted by Gasteiger charge is 2.03. The van der Waals surface area contributed by atoms with E-state index in [0.717, 1.165) is 16.5 Å². The summed E-state index contributed by atoms with van der Waals surface area (Å²) >= 11 is 0. The third-order valence-electron chi connectivity index (χ3n) is 2.25. The van der Waals surface area contributed by atoms with Crippen LogP contribution in [0.25, 0.3) is 10.9 Å². The molecule has 1 aromatic heterocycles. The van der Waals surface area contributed by atoms with E-state index in [1.54, 1.807) is 13.1 Å². The van der Waals surface area contributed by atoms with Crippen molar-refractivity contribution in [2.24, 2.45) is 7.05 Å². The van der Waals surface area contributed by atoms with Crippen molar-refractivity contribution in [3.63, 3.8) is 0 Å². The van der Waals surface area contributed by atoms with Gasteiger partial charge in [0.15, 0.2) is 0 Å². The summed E-state index contributed by atoms with van der Waals surface area (Å²) in [4.78, 5) is 0. The highest BCUT2D eigenvalue weighted by molar-refractivity contribution is 5.79. The lowest BCUT2D eigenvalue weighted by atomic mass is 10.1. The summed E-state index contributed by atoms with van der Waals surface area (Å²) in [7, 11) is 1.91. The Morgan fingerprint density at radius 3 is 2.92 bits per heavy atom. The number of fused-ring (bicyclic) bond motifs is 1. The summed E-state index contributed by atoms with van der Waals surface area (Å²) < 4.78 is 1.82. The minimum Gasteiger partial charge on any atom is -0.389 e. The maximum atomic E-state index is 9.36. The molecule has 0 aliphatic heterocycles. The topological polar surface area (TPSA) is 38.1 Å². The first-order chi connectivity index (χ1) is 6.18. The Balaban J connectivity index is 2.63. The zero-order valence-electron chi connectivity index (χ0n) is 7.73. The number of aryl methyl sites for hydroxylation is 1. The predicted octanol–water partition coefficient (Wildman–Crippen LogP) is 1.63. The summed E-state index contributed by atoms with van der Waals surface area (Å²) in [5, 5.41) is 14.6. The van der Waals surface area contributed by atoms with Gasteiger partial charge in [-0.25, -0.2) is 0 Å². The van der Waals surface area contributed by atoms with E-state index in [-0.39, 0.29) is 0 Å². The molecule has 3 nitrogen and oxygen atoms in total. The minimum atomic E-state index is -0.412. The van der Waals surface area contributed by atoms with Crippen LogP contribution in [0.2, 0.25) is 0 Å². The van der Waals surface area contributed by atoms with Gasteiger partial charge in [0.1, 0.15) is 0 Å². The molecular formula is C10H12N2O. The number of nitrogens with zero attached hydrogens (tertiary/aromatic N) is 2. The standard InChI is InChI=1S/C10H12N2O/c1-7(13)8-3-4-10-9(5-8)6-11-12(10)2/h3-7,13H,1-2H3/t7-/m1/s1. The lowest BCUT2D eigenvalue weighted by Crippen LogP contribution is -1.91. The molecule has 2 rings (SSSR count). The molecule has 0 amide bonds. The summed E-state index contributed by atoms with van der Waals surface area (Å²) in [6, 6.07) is 5.87. The van der Waals surface area contributed by atoms with Crippen molar-refractivity contribution in [2.75, 3.05) is 0 Å². The lowest BCUT2D eigenvalue weighted by Gasteiger charge is -2.03. The van der Waals surface area contributed by atoms with Gasteiger partial charge in [0.2, 0.25) is 0 Å². The zero-order chi connectivity index (χ0) is 9.42. The van der Waals surface area contributed by atoms with Crippen LogP contribution in [0.1, 0.15) is 18.6 Å². The Morgan fingerprint density at radius 2 is 2.23 bits per heavy atom. The summed E-state index contributed by atoms with van der Waals surface area (Å²) in [5.74, 6) is 0. The molecule has 0 saturated heterocycles. The van der Waals surface area contributed by atoms with Gasteiger partial charge in [-0.05, 0) is 24.6 Å². The largest absolute Gasteiger partial charge is 0.389 e. The van der Waals surface area contributed by atoms with Gasteiger partial charge in [0.25, 0.3) is 0 Å². The fourth-order valence-corrected chi connectivity index (χ4v) is 1.44. The Bertz CT molecular complexity index is 431. The minimum absolute atomic E-state index is 0.412. The molecule has 0 saturated carbocycles. The summed E-state index contributed by atoms with van der Waals surface area (Å²) in [6.45, 7) is 1.76. The number of hydrogen-bond donors (Lipinski definition) is 1.